The van der Waals surface area contributed by atoms with Crippen LogP contribution in [0.25, 0.3) is 11.0 Å². The Morgan fingerprint density at radius 2 is 2.08 bits per heavy atom. The maximum absolute atomic E-state index is 13.8. The number of alkyl halides is 2. The number of aromatic nitrogens is 2. The van der Waals surface area contributed by atoms with E-state index in [0.717, 1.165) is 12.1 Å². The molecule has 24 heavy (non-hydrogen) atoms. The third-order valence-electron chi connectivity index (χ3n) is 3.41. The van der Waals surface area contributed by atoms with E-state index >= 15 is 0 Å². The van der Waals surface area contributed by atoms with E-state index < -0.39 is 29.3 Å². The summed E-state index contributed by atoms with van der Waals surface area (Å²) < 4.78 is 43.9. The second-order valence-electron chi connectivity index (χ2n) is 4.85. The third kappa shape index (κ3) is 3.09. The number of ether oxygens (including phenoxy) is 1. The Bertz CT molecular complexity index is 904. The van der Waals surface area contributed by atoms with Crippen LogP contribution in [0.3, 0.4) is 0 Å². The predicted octanol–water partition coefficient (Wildman–Crippen LogP) is 4.80. The molecule has 2 aromatic heterocycles. The molecule has 0 saturated heterocycles. The van der Waals surface area contributed by atoms with Crippen LogP contribution in [0.2, 0.25) is 5.02 Å². The number of nitrogens with zero attached hydrogens (tertiary/aromatic N) is 1. The normalized spacial score (nSPS) is 12.8. The van der Waals surface area contributed by atoms with Crippen LogP contribution in [0, 0.1) is 5.82 Å². The predicted molar refractivity (Wildman–Crippen MR) is 85.9 cm³/mol. The summed E-state index contributed by atoms with van der Waals surface area (Å²) >= 11 is 9.14. The van der Waals surface area contributed by atoms with E-state index in [0.29, 0.717) is 21.1 Å². The summed E-state index contributed by atoms with van der Waals surface area (Å²) in [5, 5.41) is 10.7. The first kappa shape index (κ1) is 17.1. The molecule has 4 nitrogen and oxygen atoms in total. The van der Waals surface area contributed by atoms with Crippen LogP contribution in [0.15, 0.2) is 35.1 Å². The van der Waals surface area contributed by atoms with Gasteiger partial charge in [0.1, 0.15) is 23.3 Å². The van der Waals surface area contributed by atoms with Gasteiger partial charge in [-0.2, -0.15) is 8.78 Å². The molecule has 0 amide bonds. The van der Waals surface area contributed by atoms with Crippen molar-refractivity contribution in [3.05, 3.63) is 57.0 Å². The molecule has 126 valence electrons. The van der Waals surface area contributed by atoms with E-state index in [2.05, 4.69) is 30.6 Å². The fourth-order valence-electron chi connectivity index (χ4n) is 2.38. The topological polar surface area (TPSA) is 58.1 Å². The number of H-pyrrole nitrogens is 1. The van der Waals surface area contributed by atoms with E-state index in [4.69, 9.17) is 11.6 Å². The molecular weight excluding hydrogens is 413 g/mol. The number of aromatic amines is 1. The first-order valence-electron chi connectivity index (χ1n) is 6.61. The molecule has 0 aliphatic heterocycles. The van der Waals surface area contributed by atoms with Crippen molar-refractivity contribution < 1.29 is 23.0 Å². The SMILES string of the molecule is OC(c1c(OC(F)F)ccc(F)c1Cl)c1c[nH]c2ncc(Br)cc12. The Morgan fingerprint density at radius 3 is 2.79 bits per heavy atom. The summed E-state index contributed by atoms with van der Waals surface area (Å²) in [6.07, 6.45) is 1.50. The standard InChI is InChI=1S/C15H9BrClF3N2O2/c16-6-3-7-8(5-22-14(7)21-4-6)13(23)11-10(24-15(19)20)2-1-9(18)12(11)17/h1-5,13,15,23H,(H,21,22). The van der Waals surface area contributed by atoms with E-state index in [9.17, 15) is 18.3 Å². The van der Waals surface area contributed by atoms with Crippen molar-refractivity contribution in [2.45, 2.75) is 12.7 Å². The van der Waals surface area contributed by atoms with Gasteiger partial charge < -0.3 is 14.8 Å². The lowest BCUT2D eigenvalue weighted by Crippen LogP contribution is -2.09. The van der Waals surface area contributed by atoms with Gasteiger partial charge in [0.25, 0.3) is 0 Å². The minimum absolute atomic E-state index is 0.280. The maximum atomic E-state index is 13.8. The van der Waals surface area contributed by atoms with Gasteiger partial charge in [0.2, 0.25) is 0 Å². The van der Waals surface area contributed by atoms with Crippen LogP contribution in [0.5, 0.6) is 5.75 Å². The van der Waals surface area contributed by atoms with Gasteiger partial charge in [-0.15, -0.1) is 0 Å². The molecule has 2 N–H and O–H groups in total. The smallest absolute Gasteiger partial charge is 0.387 e. The fraction of sp³-hybridized carbons (Fsp3) is 0.133. The molecule has 2 heterocycles. The van der Waals surface area contributed by atoms with Gasteiger partial charge >= 0.3 is 6.61 Å². The fourth-order valence-corrected chi connectivity index (χ4v) is 2.97. The van der Waals surface area contributed by atoms with Crippen molar-refractivity contribution in [2.75, 3.05) is 0 Å². The summed E-state index contributed by atoms with van der Waals surface area (Å²) in [6.45, 7) is -3.14. The number of hydrogen-bond donors (Lipinski definition) is 2. The van der Waals surface area contributed by atoms with Gasteiger partial charge in [0.05, 0.1) is 5.02 Å². The zero-order valence-corrected chi connectivity index (χ0v) is 14.1. The highest BCUT2D eigenvalue weighted by atomic mass is 79.9. The Morgan fingerprint density at radius 1 is 1.33 bits per heavy atom. The number of aliphatic hydroxyl groups is 1. The monoisotopic (exact) mass is 420 g/mol. The lowest BCUT2D eigenvalue weighted by Gasteiger charge is -2.17. The van der Waals surface area contributed by atoms with Gasteiger partial charge in [-0.25, -0.2) is 9.37 Å². The third-order valence-corrected chi connectivity index (χ3v) is 4.22. The second kappa shape index (κ2) is 6.62. The molecule has 0 fully saturated rings. The van der Waals surface area contributed by atoms with Crippen LogP contribution < -0.4 is 4.74 Å². The van der Waals surface area contributed by atoms with E-state index in [1.54, 1.807) is 12.3 Å². The van der Waals surface area contributed by atoms with Gasteiger partial charge in [-0.1, -0.05) is 11.6 Å². The van der Waals surface area contributed by atoms with Gasteiger partial charge in [-0.05, 0) is 34.1 Å². The number of aliphatic hydroxyl groups excluding tert-OH is 1. The van der Waals surface area contributed by atoms with Crippen molar-refractivity contribution in [1.29, 1.82) is 0 Å². The minimum Gasteiger partial charge on any atom is -0.434 e. The van der Waals surface area contributed by atoms with Crippen molar-refractivity contribution in [2.24, 2.45) is 0 Å². The van der Waals surface area contributed by atoms with Crippen LogP contribution in [0.1, 0.15) is 17.2 Å². The van der Waals surface area contributed by atoms with Crippen LogP contribution in [-0.4, -0.2) is 21.7 Å². The zero-order valence-electron chi connectivity index (χ0n) is 11.7. The first-order valence-corrected chi connectivity index (χ1v) is 7.79. The molecule has 1 unspecified atom stereocenters. The summed E-state index contributed by atoms with van der Waals surface area (Å²) in [5.41, 5.74) is 0.486. The highest BCUT2D eigenvalue weighted by molar-refractivity contribution is 9.10. The Kier molecular flexibility index (Phi) is 4.71. The van der Waals surface area contributed by atoms with E-state index in [1.807, 2.05) is 0 Å². The molecule has 9 heteroatoms. The van der Waals surface area contributed by atoms with Gasteiger partial charge in [0.15, 0.2) is 0 Å². The zero-order chi connectivity index (χ0) is 17.4. The van der Waals surface area contributed by atoms with Crippen molar-refractivity contribution >= 4 is 38.6 Å². The average Bonchev–Trinajstić information content (AvgIpc) is 2.93. The largest absolute Gasteiger partial charge is 0.434 e. The summed E-state index contributed by atoms with van der Waals surface area (Å²) in [5.74, 6) is -1.26. The van der Waals surface area contributed by atoms with Crippen LogP contribution in [-0.2, 0) is 0 Å². The second-order valence-corrected chi connectivity index (χ2v) is 6.14. The maximum Gasteiger partial charge on any atom is 0.387 e. The average molecular weight is 422 g/mol. The lowest BCUT2D eigenvalue weighted by molar-refractivity contribution is -0.0513. The summed E-state index contributed by atoms with van der Waals surface area (Å²) in [6, 6.07) is 3.57. The van der Waals surface area contributed by atoms with Gasteiger partial charge in [0, 0.05) is 33.4 Å². The quantitative estimate of drug-likeness (QED) is 0.636. The number of fused-ring (bicyclic) bond motifs is 1. The van der Waals surface area contributed by atoms with Crippen LogP contribution >= 0.6 is 27.5 Å². The Balaban J connectivity index is 2.16. The number of nitrogens with one attached hydrogen (secondary N) is 1. The highest BCUT2D eigenvalue weighted by Gasteiger charge is 2.26. The molecular formula is C15H9BrClF3N2O2. The molecule has 0 radical (unpaired) electrons. The molecule has 0 bridgehead atoms. The Hall–Kier alpha value is -1.77. The van der Waals surface area contributed by atoms with E-state index in [1.165, 1.54) is 6.20 Å². The molecule has 0 aliphatic carbocycles. The molecule has 1 atom stereocenters. The summed E-state index contributed by atoms with van der Waals surface area (Å²) in [7, 11) is 0. The molecule has 3 rings (SSSR count). The van der Waals surface area contributed by atoms with Gasteiger partial charge in [-0.3, -0.25) is 0 Å². The molecule has 0 aliphatic rings. The minimum atomic E-state index is -3.14. The number of benzene rings is 1. The van der Waals surface area contributed by atoms with Crippen LogP contribution in [0.4, 0.5) is 13.2 Å². The lowest BCUT2D eigenvalue weighted by atomic mass is 10.0. The van der Waals surface area contributed by atoms with Crippen molar-refractivity contribution in [3.8, 4) is 5.75 Å². The van der Waals surface area contributed by atoms with Crippen molar-refractivity contribution in [1.82, 2.24) is 9.97 Å². The molecule has 0 spiro atoms. The highest BCUT2D eigenvalue weighted by Crippen LogP contribution is 2.40. The molecule has 3 aromatic rings. The number of halogens is 5. The number of pyridine rings is 1. The van der Waals surface area contributed by atoms with Crippen molar-refractivity contribution in [3.63, 3.8) is 0 Å². The number of hydrogen-bond acceptors (Lipinski definition) is 3. The summed E-state index contributed by atoms with van der Waals surface area (Å²) in [4.78, 5) is 6.96. The first-order chi connectivity index (χ1) is 11.4. The molecule has 1 aromatic carbocycles. The van der Waals surface area contributed by atoms with E-state index in [-0.39, 0.29) is 5.56 Å². The molecule has 0 saturated carbocycles. The Labute approximate surface area is 147 Å². The number of rotatable bonds is 4.